The Morgan fingerprint density at radius 1 is 0.850 bits per heavy atom. The van der Waals surface area contributed by atoms with Gasteiger partial charge in [0.1, 0.15) is 0 Å². The molecule has 0 aliphatic rings. The molecule has 0 bridgehead atoms. The van der Waals surface area contributed by atoms with Crippen LogP contribution in [-0.4, -0.2) is 19.6 Å². The topological polar surface area (TPSA) is 66.4 Å². The highest BCUT2D eigenvalue weighted by molar-refractivity contribution is 7.80. The van der Waals surface area contributed by atoms with Gasteiger partial charge in [0, 0.05) is 0 Å². The largest absolute Gasteiger partial charge is 0.726 e. The third-order valence-corrected chi connectivity index (χ3v) is 4.17. The van der Waals surface area contributed by atoms with Crippen molar-refractivity contribution in [2.24, 2.45) is 17.8 Å². The van der Waals surface area contributed by atoms with E-state index in [0.717, 1.165) is 24.7 Å². The predicted octanol–water partition coefficient (Wildman–Crippen LogP) is 4.12. The van der Waals surface area contributed by atoms with E-state index >= 15 is 0 Å². The summed E-state index contributed by atoms with van der Waals surface area (Å²) in [5.41, 5.74) is 0. The van der Waals surface area contributed by atoms with Crippen molar-refractivity contribution in [3.63, 3.8) is 0 Å². The molecule has 0 amide bonds. The first kappa shape index (κ1) is 19.9. The zero-order valence-electron chi connectivity index (χ0n) is 13.4. The molecule has 0 radical (unpaired) electrons. The van der Waals surface area contributed by atoms with E-state index in [-0.39, 0.29) is 6.61 Å². The molecule has 0 aromatic carbocycles. The van der Waals surface area contributed by atoms with Crippen molar-refractivity contribution in [1.82, 2.24) is 0 Å². The van der Waals surface area contributed by atoms with Crippen LogP contribution in [0.5, 0.6) is 0 Å². The fourth-order valence-electron chi connectivity index (χ4n) is 2.33. The summed E-state index contributed by atoms with van der Waals surface area (Å²) in [4.78, 5) is 0. The van der Waals surface area contributed by atoms with Gasteiger partial charge in [-0.05, 0) is 24.2 Å². The minimum absolute atomic E-state index is 0.0109. The molecular formula is C15H31O4S-. The smallest absolute Gasteiger partial charge is 0.217 e. The van der Waals surface area contributed by atoms with Gasteiger partial charge in [0.2, 0.25) is 10.4 Å². The van der Waals surface area contributed by atoms with E-state index in [9.17, 15) is 13.0 Å². The lowest BCUT2D eigenvalue weighted by molar-refractivity contribution is 0.239. The van der Waals surface area contributed by atoms with Crippen molar-refractivity contribution in [2.75, 3.05) is 6.61 Å². The second-order valence-electron chi connectivity index (χ2n) is 6.48. The molecule has 0 aliphatic heterocycles. The Balaban J connectivity index is 3.53. The average Bonchev–Trinajstić information content (AvgIpc) is 2.26. The van der Waals surface area contributed by atoms with E-state index < -0.39 is 10.4 Å². The molecule has 2 unspecified atom stereocenters. The third-order valence-electron chi connectivity index (χ3n) is 3.71. The predicted molar refractivity (Wildman–Crippen MR) is 81.1 cm³/mol. The van der Waals surface area contributed by atoms with Crippen LogP contribution in [0.15, 0.2) is 0 Å². The van der Waals surface area contributed by atoms with Crippen LogP contribution >= 0.6 is 0 Å². The Labute approximate surface area is 125 Å². The molecule has 0 aromatic rings. The molecule has 0 fully saturated rings. The average molecular weight is 307 g/mol. The molecule has 0 rings (SSSR count). The number of rotatable bonds is 12. The van der Waals surface area contributed by atoms with Gasteiger partial charge in [0.05, 0.1) is 6.61 Å². The Kier molecular flexibility index (Phi) is 10.5. The normalized spacial score (nSPS) is 15.5. The molecule has 4 nitrogen and oxygen atoms in total. The van der Waals surface area contributed by atoms with Crippen LogP contribution in [0.2, 0.25) is 0 Å². The van der Waals surface area contributed by atoms with Gasteiger partial charge in [-0.25, -0.2) is 8.42 Å². The van der Waals surface area contributed by atoms with E-state index in [0.29, 0.717) is 12.3 Å². The van der Waals surface area contributed by atoms with Gasteiger partial charge in [-0.1, -0.05) is 66.2 Å². The molecular weight excluding hydrogens is 276 g/mol. The first-order valence-electron chi connectivity index (χ1n) is 7.81. The molecule has 0 aromatic heterocycles. The highest BCUT2D eigenvalue weighted by atomic mass is 32.3. The van der Waals surface area contributed by atoms with E-state index in [4.69, 9.17) is 0 Å². The maximum Gasteiger partial charge on any atom is 0.217 e. The molecule has 0 spiro atoms. The van der Waals surface area contributed by atoms with Crippen LogP contribution in [0, 0.1) is 17.8 Å². The standard InChI is InChI=1S/C15H32O4S/c1-13(2)7-5-8-14(3)9-6-10-15(4)11-12-19-20(16,17)18/h13-15H,5-12H2,1-4H3,(H,16,17,18)/p-1. The van der Waals surface area contributed by atoms with Crippen molar-refractivity contribution >= 4 is 10.4 Å². The lowest BCUT2D eigenvalue weighted by Gasteiger charge is -2.15. The van der Waals surface area contributed by atoms with Gasteiger partial charge >= 0.3 is 0 Å². The van der Waals surface area contributed by atoms with Crippen LogP contribution in [0.4, 0.5) is 0 Å². The highest BCUT2D eigenvalue weighted by Gasteiger charge is 2.07. The second-order valence-corrected chi connectivity index (χ2v) is 7.54. The quantitative estimate of drug-likeness (QED) is 0.402. The van der Waals surface area contributed by atoms with E-state index in [2.05, 4.69) is 31.9 Å². The molecule has 0 heterocycles. The summed E-state index contributed by atoms with van der Waals surface area (Å²) in [6.45, 7) is 8.91. The van der Waals surface area contributed by atoms with Crippen LogP contribution in [-0.2, 0) is 14.6 Å². The van der Waals surface area contributed by atoms with Crippen LogP contribution < -0.4 is 0 Å². The third kappa shape index (κ3) is 14.3. The van der Waals surface area contributed by atoms with Crippen LogP contribution in [0.3, 0.4) is 0 Å². The van der Waals surface area contributed by atoms with Gasteiger partial charge in [-0.15, -0.1) is 0 Å². The lowest BCUT2D eigenvalue weighted by Crippen LogP contribution is -2.08. The molecule has 0 saturated carbocycles. The second kappa shape index (κ2) is 10.6. The van der Waals surface area contributed by atoms with E-state index in [1.54, 1.807) is 0 Å². The zero-order valence-corrected chi connectivity index (χ0v) is 14.2. The summed E-state index contributed by atoms with van der Waals surface area (Å²) >= 11 is 0. The summed E-state index contributed by atoms with van der Waals surface area (Å²) in [6, 6.07) is 0. The summed E-state index contributed by atoms with van der Waals surface area (Å²) < 4.78 is 35.1. The fraction of sp³-hybridized carbons (Fsp3) is 1.00. The first-order valence-corrected chi connectivity index (χ1v) is 9.14. The van der Waals surface area contributed by atoms with Crippen LogP contribution in [0.25, 0.3) is 0 Å². The fourth-order valence-corrected chi connectivity index (χ4v) is 2.63. The van der Waals surface area contributed by atoms with Crippen molar-refractivity contribution in [2.45, 2.75) is 72.6 Å². The molecule has 0 aliphatic carbocycles. The van der Waals surface area contributed by atoms with Crippen molar-refractivity contribution in [1.29, 1.82) is 0 Å². The summed E-state index contributed by atoms with van der Waals surface area (Å²) in [6.07, 6.45) is 7.99. The maximum atomic E-state index is 10.3. The molecule has 122 valence electrons. The SMILES string of the molecule is CC(C)CCCC(C)CCCC(C)CCOS(=O)(=O)[O-]. The minimum Gasteiger partial charge on any atom is -0.726 e. The van der Waals surface area contributed by atoms with Crippen molar-refractivity contribution < 1.29 is 17.2 Å². The molecule has 0 N–H and O–H groups in total. The first-order chi connectivity index (χ1) is 9.20. The molecule has 5 heteroatoms. The minimum atomic E-state index is -4.52. The Hall–Kier alpha value is -0.130. The monoisotopic (exact) mass is 307 g/mol. The van der Waals surface area contributed by atoms with Gasteiger partial charge < -0.3 is 4.55 Å². The van der Waals surface area contributed by atoms with Crippen molar-refractivity contribution in [3.8, 4) is 0 Å². The van der Waals surface area contributed by atoms with E-state index in [1.165, 1.54) is 25.7 Å². The van der Waals surface area contributed by atoms with Gasteiger partial charge in [0.25, 0.3) is 0 Å². The Morgan fingerprint density at radius 2 is 1.30 bits per heavy atom. The number of hydrogen-bond donors (Lipinski definition) is 0. The molecule has 2 atom stereocenters. The molecule has 0 saturated heterocycles. The summed E-state index contributed by atoms with van der Waals surface area (Å²) in [5, 5.41) is 0. The number of hydrogen-bond acceptors (Lipinski definition) is 4. The van der Waals surface area contributed by atoms with Crippen molar-refractivity contribution in [3.05, 3.63) is 0 Å². The highest BCUT2D eigenvalue weighted by Crippen LogP contribution is 2.20. The molecule has 20 heavy (non-hydrogen) atoms. The van der Waals surface area contributed by atoms with E-state index in [1.807, 2.05) is 0 Å². The van der Waals surface area contributed by atoms with Gasteiger partial charge in [-0.3, -0.25) is 4.18 Å². The Bertz CT molecular complexity index is 325. The van der Waals surface area contributed by atoms with Gasteiger partial charge in [0.15, 0.2) is 0 Å². The summed E-state index contributed by atoms with van der Waals surface area (Å²) in [5.74, 6) is 1.96. The van der Waals surface area contributed by atoms with Gasteiger partial charge in [-0.2, -0.15) is 0 Å². The maximum absolute atomic E-state index is 10.3. The summed E-state index contributed by atoms with van der Waals surface area (Å²) in [7, 11) is -4.52. The Morgan fingerprint density at radius 3 is 1.75 bits per heavy atom. The lowest BCUT2D eigenvalue weighted by atomic mass is 9.93. The van der Waals surface area contributed by atoms with Crippen LogP contribution in [0.1, 0.15) is 72.6 Å². The zero-order chi connectivity index (χ0) is 15.6.